The van der Waals surface area contributed by atoms with Gasteiger partial charge in [0.15, 0.2) is 5.65 Å². The second kappa shape index (κ2) is 8.33. The monoisotopic (exact) mass is 440 g/mol. The highest BCUT2D eigenvalue weighted by Gasteiger charge is 2.20. The van der Waals surface area contributed by atoms with Crippen LogP contribution in [0.1, 0.15) is 16.8 Å². The molecule has 2 aromatic heterocycles. The van der Waals surface area contributed by atoms with E-state index in [0.717, 1.165) is 41.1 Å². The summed E-state index contributed by atoms with van der Waals surface area (Å²) in [7, 11) is 0. The largest absolute Gasteiger partial charge is 0.378 e. The first-order chi connectivity index (χ1) is 16.1. The van der Waals surface area contributed by atoms with Gasteiger partial charge in [0.05, 0.1) is 41.0 Å². The zero-order valence-electron chi connectivity index (χ0n) is 17.9. The third-order valence-corrected chi connectivity index (χ3v) is 5.78. The van der Waals surface area contributed by atoms with Gasteiger partial charge < -0.3 is 9.64 Å². The van der Waals surface area contributed by atoms with Gasteiger partial charge in [0.25, 0.3) is 5.69 Å². The zero-order chi connectivity index (χ0) is 22.9. The van der Waals surface area contributed by atoms with Crippen molar-refractivity contribution >= 4 is 39.7 Å². The van der Waals surface area contributed by atoms with E-state index >= 15 is 0 Å². The van der Waals surface area contributed by atoms with E-state index in [9.17, 15) is 15.4 Å². The number of hydrogen-bond donors (Lipinski definition) is 0. The van der Waals surface area contributed by atoms with Gasteiger partial charge in [-0.1, -0.05) is 12.1 Å². The maximum Gasteiger partial charge on any atom is 0.269 e. The number of hydrogen-bond acceptors (Lipinski definition) is 7. The van der Waals surface area contributed by atoms with E-state index in [2.05, 4.69) is 11.0 Å². The number of nitriles is 1. The summed E-state index contributed by atoms with van der Waals surface area (Å²) >= 11 is 0. The molecule has 0 unspecified atom stereocenters. The van der Waals surface area contributed by atoms with Gasteiger partial charge in [-0.2, -0.15) is 10.4 Å². The summed E-state index contributed by atoms with van der Waals surface area (Å²) in [6, 6.07) is 16.2. The summed E-state index contributed by atoms with van der Waals surface area (Å²) in [5.74, 6) is 0.866. The highest BCUT2D eigenvalue weighted by Crippen LogP contribution is 2.31. The number of rotatable bonds is 4. The van der Waals surface area contributed by atoms with E-state index in [4.69, 9.17) is 14.8 Å². The fraction of sp³-hybridized carbons (Fsp3) is 0.208. The lowest BCUT2D eigenvalue weighted by Gasteiger charge is -2.28. The standard InChI is InChI=1S/C24H20N6O3/c1-16-21(14-18(15-25)17-6-8-19(9-7-17)30(31)32)24-26-23(28-10-12-33-13-11-28)20-4-2-3-5-22(20)29(24)27-16/h2-9,14H,10-13H2,1H3. The molecule has 1 saturated heterocycles. The van der Waals surface area contributed by atoms with Crippen LogP contribution in [-0.4, -0.2) is 45.8 Å². The van der Waals surface area contributed by atoms with Gasteiger partial charge in [-0.05, 0) is 42.8 Å². The number of anilines is 1. The Labute approximate surface area is 189 Å². The molecular formula is C24H20N6O3. The van der Waals surface area contributed by atoms with E-state index in [1.807, 2.05) is 35.7 Å². The lowest BCUT2D eigenvalue weighted by molar-refractivity contribution is -0.384. The number of non-ortho nitro benzene ring substituents is 1. The van der Waals surface area contributed by atoms with Gasteiger partial charge in [-0.3, -0.25) is 10.1 Å². The minimum atomic E-state index is -0.461. The first-order valence-electron chi connectivity index (χ1n) is 10.5. The summed E-state index contributed by atoms with van der Waals surface area (Å²) in [5.41, 5.74) is 4.02. The van der Waals surface area contributed by atoms with Crippen LogP contribution in [0.25, 0.3) is 28.2 Å². The molecule has 0 spiro atoms. The summed E-state index contributed by atoms with van der Waals surface area (Å²) in [4.78, 5) is 17.7. The van der Waals surface area contributed by atoms with Crippen LogP contribution >= 0.6 is 0 Å². The Hall–Kier alpha value is -4.29. The SMILES string of the molecule is Cc1nn2c(nc(N3CCOCC3)c3ccccc32)c1C=C(C#N)c1ccc([N+](=O)[O-])cc1. The smallest absolute Gasteiger partial charge is 0.269 e. The van der Waals surface area contributed by atoms with Gasteiger partial charge >= 0.3 is 0 Å². The molecule has 4 aromatic rings. The Bertz CT molecular complexity index is 1440. The van der Waals surface area contributed by atoms with E-state index < -0.39 is 4.92 Å². The van der Waals surface area contributed by atoms with Gasteiger partial charge in [-0.15, -0.1) is 0 Å². The van der Waals surface area contributed by atoms with Crippen molar-refractivity contribution in [1.29, 1.82) is 5.26 Å². The molecule has 9 heteroatoms. The first kappa shape index (κ1) is 20.6. The summed E-state index contributed by atoms with van der Waals surface area (Å²) in [5, 5.41) is 26.5. The van der Waals surface area contributed by atoms with Gasteiger partial charge in [0.1, 0.15) is 5.82 Å². The molecule has 33 heavy (non-hydrogen) atoms. The van der Waals surface area contributed by atoms with Gasteiger partial charge in [-0.25, -0.2) is 9.50 Å². The van der Waals surface area contributed by atoms with Crippen LogP contribution < -0.4 is 4.90 Å². The predicted molar refractivity (Wildman–Crippen MR) is 125 cm³/mol. The van der Waals surface area contributed by atoms with E-state index in [1.165, 1.54) is 12.1 Å². The second-order valence-corrected chi connectivity index (χ2v) is 7.76. The number of nitro benzene ring substituents is 1. The number of morpholine rings is 1. The molecule has 5 rings (SSSR count). The molecule has 164 valence electrons. The Balaban J connectivity index is 1.69. The molecule has 0 atom stereocenters. The van der Waals surface area contributed by atoms with Crippen molar-refractivity contribution in [1.82, 2.24) is 14.6 Å². The fourth-order valence-corrected chi connectivity index (χ4v) is 4.08. The highest BCUT2D eigenvalue weighted by molar-refractivity contribution is 5.96. The molecule has 0 saturated carbocycles. The predicted octanol–water partition coefficient (Wildman–Crippen LogP) is 4.00. The molecule has 2 aromatic carbocycles. The third kappa shape index (κ3) is 3.66. The number of aromatic nitrogens is 3. The number of aryl methyl sites for hydroxylation is 1. The van der Waals surface area contributed by atoms with Crippen molar-refractivity contribution in [2.75, 3.05) is 31.2 Å². The molecule has 0 bridgehead atoms. The number of benzene rings is 2. The molecule has 0 aliphatic carbocycles. The number of nitrogens with zero attached hydrogens (tertiary/aromatic N) is 6. The quantitative estimate of drug-likeness (QED) is 0.268. The molecule has 1 aliphatic rings. The minimum Gasteiger partial charge on any atom is -0.378 e. The Morgan fingerprint density at radius 1 is 1.18 bits per heavy atom. The van der Waals surface area contributed by atoms with E-state index in [-0.39, 0.29) is 5.69 Å². The van der Waals surface area contributed by atoms with Crippen LogP contribution in [0.5, 0.6) is 0 Å². The van der Waals surface area contributed by atoms with Crippen molar-refractivity contribution in [3.63, 3.8) is 0 Å². The molecule has 3 heterocycles. The Morgan fingerprint density at radius 2 is 1.91 bits per heavy atom. The third-order valence-electron chi connectivity index (χ3n) is 5.78. The van der Waals surface area contributed by atoms with Crippen LogP contribution in [0, 0.1) is 28.4 Å². The van der Waals surface area contributed by atoms with Crippen LogP contribution in [0.3, 0.4) is 0 Å². The second-order valence-electron chi connectivity index (χ2n) is 7.76. The van der Waals surface area contributed by atoms with Crippen LogP contribution in [0.4, 0.5) is 11.5 Å². The normalized spacial score (nSPS) is 14.5. The van der Waals surface area contributed by atoms with Crippen molar-refractivity contribution < 1.29 is 9.66 Å². The van der Waals surface area contributed by atoms with E-state index in [0.29, 0.717) is 30.0 Å². The average molecular weight is 440 g/mol. The number of fused-ring (bicyclic) bond motifs is 3. The van der Waals surface area contributed by atoms with Crippen molar-refractivity contribution in [3.8, 4) is 6.07 Å². The summed E-state index contributed by atoms with van der Waals surface area (Å²) < 4.78 is 7.32. The zero-order valence-corrected chi connectivity index (χ0v) is 17.9. The van der Waals surface area contributed by atoms with Crippen LogP contribution in [0.2, 0.25) is 0 Å². The fourth-order valence-electron chi connectivity index (χ4n) is 4.08. The molecule has 0 amide bonds. The average Bonchev–Trinajstić information content (AvgIpc) is 3.17. The van der Waals surface area contributed by atoms with Crippen molar-refractivity contribution in [2.24, 2.45) is 0 Å². The lowest BCUT2D eigenvalue weighted by Crippen LogP contribution is -2.37. The van der Waals surface area contributed by atoms with Gasteiger partial charge in [0.2, 0.25) is 0 Å². The minimum absolute atomic E-state index is 0.0218. The van der Waals surface area contributed by atoms with Crippen molar-refractivity contribution in [3.05, 3.63) is 75.5 Å². The van der Waals surface area contributed by atoms with Gasteiger partial charge in [0, 0.05) is 36.2 Å². The van der Waals surface area contributed by atoms with Crippen molar-refractivity contribution in [2.45, 2.75) is 6.92 Å². The molecule has 9 nitrogen and oxygen atoms in total. The summed E-state index contributed by atoms with van der Waals surface area (Å²) in [6.07, 6.45) is 1.75. The lowest BCUT2D eigenvalue weighted by atomic mass is 10.0. The maximum absolute atomic E-state index is 11.0. The number of nitro groups is 1. The topological polar surface area (TPSA) is 110 Å². The number of allylic oxidation sites excluding steroid dienone is 1. The summed E-state index contributed by atoms with van der Waals surface area (Å²) in [6.45, 7) is 4.67. The number of para-hydroxylation sites is 1. The number of ether oxygens (including phenoxy) is 1. The highest BCUT2D eigenvalue weighted by atomic mass is 16.6. The Kier molecular flexibility index (Phi) is 5.20. The van der Waals surface area contributed by atoms with Crippen LogP contribution in [-0.2, 0) is 4.74 Å². The maximum atomic E-state index is 11.0. The first-order valence-corrected chi connectivity index (χ1v) is 10.5. The Morgan fingerprint density at radius 3 is 2.61 bits per heavy atom. The molecule has 1 aliphatic heterocycles. The molecule has 1 fully saturated rings. The van der Waals surface area contributed by atoms with E-state index in [1.54, 1.807) is 18.2 Å². The molecular weight excluding hydrogens is 420 g/mol. The molecule has 0 radical (unpaired) electrons. The molecule has 0 N–H and O–H groups in total. The van der Waals surface area contributed by atoms with Crippen LogP contribution in [0.15, 0.2) is 48.5 Å².